The van der Waals surface area contributed by atoms with E-state index in [1.807, 2.05) is 30.0 Å². The van der Waals surface area contributed by atoms with Crippen molar-refractivity contribution >= 4 is 16.9 Å². The van der Waals surface area contributed by atoms with E-state index < -0.39 is 0 Å². The SMILES string of the molecule is COc1cc2oc(=O)cc(C)c2cc1CCC(=O)N1CCc2ccccc2C1. The summed E-state index contributed by atoms with van der Waals surface area (Å²) in [5.74, 6) is 0.783. The highest BCUT2D eigenvalue weighted by Gasteiger charge is 2.20. The highest BCUT2D eigenvalue weighted by Crippen LogP contribution is 2.28. The molecule has 0 aliphatic carbocycles. The van der Waals surface area contributed by atoms with E-state index in [0.717, 1.165) is 29.5 Å². The summed E-state index contributed by atoms with van der Waals surface area (Å²) in [6.07, 6.45) is 1.90. The van der Waals surface area contributed by atoms with Crippen molar-refractivity contribution < 1.29 is 13.9 Å². The number of rotatable bonds is 4. The number of carbonyl (C=O) groups is 1. The number of hydrogen-bond acceptors (Lipinski definition) is 4. The Morgan fingerprint density at radius 1 is 1.18 bits per heavy atom. The molecule has 2 heterocycles. The summed E-state index contributed by atoms with van der Waals surface area (Å²) in [4.78, 5) is 26.3. The molecular weight excluding hydrogens is 354 g/mol. The first-order chi connectivity index (χ1) is 13.5. The van der Waals surface area contributed by atoms with Crippen molar-refractivity contribution in [2.45, 2.75) is 32.7 Å². The molecule has 0 fully saturated rings. The van der Waals surface area contributed by atoms with Crippen molar-refractivity contribution in [3.8, 4) is 5.75 Å². The van der Waals surface area contributed by atoms with Gasteiger partial charge < -0.3 is 14.1 Å². The predicted molar refractivity (Wildman–Crippen MR) is 108 cm³/mol. The summed E-state index contributed by atoms with van der Waals surface area (Å²) in [7, 11) is 1.59. The average molecular weight is 377 g/mol. The lowest BCUT2D eigenvalue weighted by Crippen LogP contribution is -2.36. The second-order valence-electron chi connectivity index (χ2n) is 7.24. The monoisotopic (exact) mass is 377 g/mol. The van der Waals surface area contributed by atoms with Crippen LogP contribution >= 0.6 is 0 Å². The van der Waals surface area contributed by atoms with Gasteiger partial charge in [-0.05, 0) is 48.1 Å². The molecule has 0 radical (unpaired) electrons. The average Bonchev–Trinajstić information content (AvgIpc) is 2.71. The summed E-state index contributed by atoms with van der Waals surface area (Å²) in [6.45, 7) is 3.31. The number of nitrogens with zero attached hydrogens (tertiary/aromatic N) is 1. The summed E-state index contributed by atoms with van der Waals surface area (Å²) in [5, 5.41) is 0.870. The van der Waals surface area contributed by atoms with Crippen molar-refractivity contribution in [1.29, 1.82) is 0 Å². The van der Waals surface area contributed by atoms with Crippen molar-refractivity contribution in [1.82, 2.24) is 4.90 Å². The van der Waals surface area contributed by atoms with Gasteiger partial charge in [-0.3, -0.25) is 4.79 Å². The van der Waals surface area contributed by atoms with Crippen LogP contribution in [0.15, 0.2) is 51.7 Å². The van der Waals surface area contributed by atoms with Crippen LogP contribution in [0.3, 0.4) is 0 Å². The minimum atomic E-state index is -0.375. The molecule has 0 saturated carbocycles. The Morgan fingerprint density at radius 2 is 1.96 bits per heavy atom. The maximum absolute atomic E-state index is 12.8. The zero-order chi connectivity index (χ0) is 19.7. The van der Waals surface area contributed by atoms with Gasteiger partial charge in [0.1, 0.15) is 11.3 Å². The second kappa shape index (κ2) is 7.50. The lowest BCUT2D eigenvalue weighted by Gasteiger charge is -2.29. The lowest BCUT2D eigenvalue weighted by atomic mass is 9.99. The quantitative estimate of drug-likeness (QED) is 0.652. The minimum absolute atomic E-state index is 0.146. The summed E-state index contributed by atoms with van der Waals surface area (Å²) >= 11 is 0. The number of benzene rings is 2. The van der Waals surface area contributed by atoms with Gasteiger partial charge in [0, 0.05) is 37.0 Å². The van der Waals surface area contributed by atoms with Gasteiger partial charge in [-0.15, -0.1) is 0 Å². The van der Waals surface area contributed by atoms with Crippen LogP contribution in [0.5, 0.6) is 5.75 Å². The van der Waals surface area contributed by atoms with Crippen molar-refractivity contribution in [3.05, 3.63) is 75.1 Å². The maximum Gasteiger partial charge on any atom is 0.336 e. The second-order valence-corrected chi connectivity index (χ2v) is 7.24. The molecule has 0 atom stereocenters. The number of fused-ring (bicyclic) bond motifs is 2. The predicted octanol–water partition coefficient (Wildman–Crippen LogP) is 3.63. The third kappa shape index (κ3) is 3.52. The van der Waals surface area contributed by atoms with E-state index in [2.05, 4.69) is 12.1 Å². The summed E-state index contributed by atoms with van der Waals surface area (Å²) < 4.78 is 10.8. The summed E-state index contributed by atoms with van der Waals surface area (Å²) in [6, 6.07) is 13.5. The topological polar surface area (TPSA) is 59.8 Å². The first kappa shape index (κ1) is 18.3. The molecule has 1 aromatic heterocycles. The Hall–Kier alpha value is -3.08. The first-order valence-corrected chi connectivity index (χ1v) is 9.51. The van der Waals surface area contributed by atoms with E-state index in [9.17, 15) is 9.59 Å². The molecule has 4 rings (SSSR count). The third-order valence-corrected chi connectivity index (χ3v) is 5.44. The number of amides is 1. The molecule has 1 aliphatic heterocycles. The van der Waals surface area contributed by atoms with Gasteiger partial charge in [-0.2, -0.15) is 0 Å². The van der Waals surface area contributed by atoms with Crippen LogP contribution in [-0.2, 0) is 24.2 Å². The van der Waals surface area contributed by atoms with E-state index in [0.29, 0.717) is 30.7 Å². The lowest BCUT2D eigenvalue weighted by molar-refractivity contribution is -0.132. The van der Waals surface area contributed by atoms with Gasteiger partial charge in [0.15, 0.2) is 0 Å². The van der Waals surface area contributed by atoms with Gasteiger partial charge in [0.25, 0.3) is 0 Å². The van der Waals surface area contributed by atoms with Gasteiger partial charge >= 0.3 is 5.63 Å². The fourth-order valence-electron chi connectivity index (χ4n) is 3.88. The Balaban J connectivity index is 1.52. The standard InChI is InChI=1S/C23H23NO4/c1-15-11-23(26)28-21-13-20(27-2)17(12-19(15)21)7-8-22(25)24-10-9-16-5-3-4-6-18(16)14-24/h3-6,11-13H,7-10,14H2,1-2H3. The van der Waals surface area contributed by atoms with Crippen LogP contribution in [0.2, 0.25) is 0 Å². The highest BCUT2D eigenvalue weighted by atomic mass is 16.5. The smallest absolute Gasteiger partial charge is 0.336 e. The van der Waals surface area contributed by atoms with Crippen molar-refractivity contribution in [2.24, 2.45) is 0 Å². The maximum atomic E-state index is 12.8. The zero-order valence-corrected chi connectivity index (χ0v) is 16.2. The number of ether oxygens (including phenoxy) is 1. The van der Waals surface area contributed by atoms with Crippen LogP contribution in [-0.4, -0.2) is 24.5 Å². The van der Waals surface area contributed by atoms with E-state index in [1.54, 1.807) is 13.2 Å². The highest BCUT2D eigenvalue weighted by molar-refractivity contribution is 5.83. The molecular formula is C23H23NO4. The minimum Gasteiger partial charge on any atom is -0.496 e. The van der Waals surface area contributed by atoms with Crippen molar-refractivity contribution in [3.63, 3.8) is 0 Å². The molecule has 1 amide bonds. The first-order valence-electron chi connectivity index (χ1n) is 9.51. The van der Waals surface area contributed by atoms with E-state index in [1.165, 1.54) is 17.2 Å². The van der Waals surface area contributed by atoms with E-state index in [4.69, 9.17) is 9.15 Å². The fraction of sp³-hybridized carbons (Fsp3) is 0.304. The van der Waals surface area contributed by atoms with Crippen LogP contribution < -0.4 is 10.4 Å². The molecule has 0 bridgehead atoms. The molecule has 3 aromatic rings. The van der Waals surface area contributed by atoms with E-state index >= 15 is 0 Å². The molecule has 5 heteroatoms. The Kier molecular flexibility index (Phi) is 4.90. The fourth-order valence-corrected chi connectivity index (χ4v) is 3.88. The Bertz CT molecular complexity index is 1100. The van der Waals surface area contributed by atoms with Crippen LogP contribution in [0.1, 0.15) is 28.7 Å². The molecule has 0 N–H and O–H groups in total. The largest absolute Gasteiger partial charge is 0.496 e. The van der Waals surface area contributed by atoms with Crippen molar-refractivity contribution in [2.75, 3.05) is 13.7 Å². The number of carbonyl (C=O) groups excluding carboxylic acids is 1. The van der Waals surface area contributed by atoms with Gasteiger partial charge in [-0.1, -0.05) is 24.3 Å². The molecule has 5 nitrogen and oxygen atoms in total. The number of hydrogen-bond donors (Lipinski definition) is 0. The molecule has 28 heavy (non-hydrogen) atoms. The number of methoxy groups -OCH3 is 1. The molecule has 144 valence electrons. The van der Waals surface area contributed by atoms with E-state index in [-0.39, 0.29) is 11.5 Å². The number of aryl methyl sites for hydroxylation is 2. The molecule has 1 aliphatic rings. The Morgan fingerprint density at radius 3 is 2.75 bits per heavy atom. The van der Waals surface area contributed by atoms with Gasteiger partial charge in [0.05, 0.1) is 7.11 Å². The van der Waals surface area contributed by atoms with Crippen LogP contribution in [0.25, 0.3) is 11.0 Å². The summed E-state index contributed by atoms with van der Waals surface area (Å²) in [5.41, 5.74) is 4.49. The third-order valence-electron chi connectivity index (χ3n) is 5.44. The molecule has 2 aromatic carbocycles. The van der Waals surface area contributed by atoms with Gasteiger partial charge in [-0.25, -0.2) is 4.79 Å². The van der Waals surface area contributed by atoms with Crippen LogP contribution in [0.4, 0.5) is 0 Å². The zero-order valence-electron chi connectivity index (χ0n) is 16.2. The molecule has 0 spiro atoms. The molecule has 0 saturated heterocycles. The molecule has 0 unspecified atom stereocenters. The normalized spacial score (nSPS) is 13.4. The Labute approximate surface area is 163 Å². The van der Waals surface area contributed by atoms with Gasteiger partial charge in [0.2, 0.25) is 5.91 Å². The van der Waals surface area contributed by atoms with Crippen LogP contribution in [0, 0.1) is 6.92 Å².